The monoisotopic (exact) mass is 886 g/mol. The molecule has 0 bridgehead atoms. The fourth-order valence-electron chi connectivity index (χ4n) is 9.73. The van der Waals surface area contributed by atoms with E-state index in [1.807, 2.05) is 76.2 Å². The molecular weight excluding hydrogens is 823 g/mol. The molecule has 68 heavy (non-hydrogen) atoms. The molecule has 1 aliphatic carbocycles. The lowest BCUT2D eigenvalue weighted by atomic mass is 9.81. The molecule has 10 aromatic rings. The number of hydrazine groups is 1. The third-order valence-corrected chi connectivity index (χ3v) is 13.1. The van der Waals surface area contributed by atoms with E-state index < -0.39 is 0 Å². The first kappa shape index (κ1) is 47.1. The van der Waals surface area contributed by atoms with Crippen molar-refractivity contribution in [2.24, 2.45) is 11.6 Å². The molecule has 0 heterocycles. The molecule has 0 spiro atoms. The van der Waals surface area contributed by atoms with Crippen molar-refractivity contribution in [3.63, 3.8) is 0 Å². The number of nitrogens with two attached hydrogens (primary N) is 2. The van der Waals surface area contributed by atoms with Gasteiger partial charge in [-0.25, -0.2) is 0 Å². The van der Waals surface area contributed by atoms with Crippen LogP contribution in [-0.4, -0.2) is 0 Å². The number of rotatable bonds is 8. The minimum atomic E-state index is -0.182. The van der Waals surface area contributed by atoms with E-state index in [9.17, 15) is 0 Å². The highest BCUT2D eigenvalue weighted by Gasteiger charge is 2.35. The molecule has 0 aliphatic heterocycles. The fourth-order valence-corrected chi connectivity index (χ4v) is 9.73. The summed E-state index contributed by atoms with van der Waals surface area (Å²) >= 11 is 0. The highest BCUT2D eigenvalue weighted by Crippen LogP contribution is 2.50. The molecule has 0 amide bonds. The zero-order valence-electron chi connectivity index (χ0n) is 40.3. The summed E-state index contributed by atoms with van der Waals surface area (Å²) in [6, 6.07) is 80.8. The zero-order chi connectivity index (χ0) is 47.6. The van der Waals surface area contributed by atoms with Gasteiger partial charge in [-0.05, 0) is 111 Å². The van der Waals surface area contributed by atoms with Crippen LogP contribution in [-0.2, 0) is 12.0 Å². The molecule has 1 unspecified atom stereocenters. The van der Waals surface area contributed by atoms with E-state index in [4.69, 9.17) is 11.6 Å². The summed E-state index contributed by atoms with van der Waals surface area (Å²) < 4.78 is 0. The van der Waals surface area contributed by atoms with Crippen molar-refractivity contribution < 1.29 is 0 Å². The molecule has 3 heteroatoms. The molecule has 3 nitrogen and oxygen atoms in total. The predicted molar refractivity (Wildman–Crippen MR) is 293 cm³/mol. The summed E-state index contributed by atoms with van der Waals surface area (Å²) in [5, 5.41) is 4.92. The Morgan fingerprint density at radius 2 is 0.824 bits per heavy atom. The fraction of sp³-hybridized carbons (Fsp3) is 0.138. The van der Waals surface area contributed by atoms with Crippen LogP contribution in [0.15, 0.2) is 224 Å². The van der Waals surface area contributed by atoms with E-state index in [-0.39, 0.29) is 11.5 Å². The van der Waals surface area contributed by atoms with Gasteiger partial charge in [-0.15, -0.1) is 0 Å². The van der Waals surface area contributed by atoms with Crippen LogP contribution in [0.4, 0.5) is 0 Å². The maximum Gasteiger partial charge on any atom is 0.0551 e. The first-order valence-electron chi connectivity index (χ1n) is 24.2. The Kier molecular flexibility index (Phi) is 14.9. The van der Waals surface area contributed by atoms with Gasteiger partial charge in [-0.1, -0.05) is 260 Å². The van der Waals surface area contributed by atoms with Crippen LogP contribution in [0.5, 0.6) is 0 Å². The van der Waals surface area contributed by atoms with Gasteiger partial charge in [0.1, 0.15) is 0 Å². The standard InChI is InChI=1S/C54H41N.C7H10N2.2C2H6/c1-54(2)49-19-11-10-18-47(49)48-33-30-42(34-50(48)54)35-20-22-38(23-21-35)45-31-28-36-12-6-8-16-43(36)51(45)52-44-17-9-7-13-37(44)29-32-46(52)39-24-26-41(27-25-39)53(55)40-14-4-3-5-15-40;8-9-6-7-4-2-1-3-5-7;2*1-2/h3-34,53H,55H2,1-2H3;1-5,9H,6,8H2;2*1-2H3. The van der Waals surface area contributed by atoms with Gasteiger partial charge in [-0.2, -0.15) is 0 Å². The van der Waals surface area contributed by atoms with Crippen molar-refractivity contribution in [3.05, 3.63) is 252 Å². The van der Waals surface area contributed by atoms with Crippen molar-refractivity contribution in [3.8, 4) is 55.6 Å². The van der Waals surface area contributed by atoms with Gasteiger partial charge in [0.15, 0.2) is 0 Å². The lowest BCUT2D eigenvalue weighted by molar-refractivity contribution is 0.660. The highest BCUT2D eigenvalue weighted by atomic mass is 15.2. The molecule has 0 aromatic heterocycles. The Hall–Kier alpha value is -7.40. The Morgan fingerprint density at radius 3 is 1.40 bits per heavy atom. The van der Waals surface area contributed by atoms with E-state index >= 15 is 0 Å². The summed E-state index contributed by atoms with van der Waals surface area (Å²) in [6.07, 6.45) is 0. The van der Waals surface area contributed by atoms with Crippen LogP contribution in [0, 0.1) is 0 Å². The minimum absolute atomic E-state index is 0.0354. The average molecular weight is 886 g/mol. The molecule has 0 fully saturated rings. The van der Waals surface area contributed by atoms with Crippen LogP contribution in [0.3, 0.4) is 0 Å². The number of fused-ring (bicyclic) bond motifs is 5. The molecule has 0 radical (unpaired) electrons. The maximum absolute atomic E-state index is 6.75. The third-order valence-electron chi connectivity index (χ3n) is 13.1. The third kappa shape index (κ3) is 9.43. The quantitative estimate of drug-likeness (QED) is 0.105. The smallest absolute Gasteiger partial charge is 0.0551 e. The normalized spacial score (nSPS) is 12.3. The molecule has 338 valence electrons. The van der Waals surface area contributed by atoms with Crippen LogP contribution < -0.4 is 17.0 Å². The summed E-state index contributed by atoms with van der Waals surface area (Å²) in [4.78, 5) is 0. The highest BCUT2D eigenvalue weighted by molar-refractivity contribution is 6.14. The van der Waals surface area contributed by atoms with Gasteiger partial charge >= 0.3 is 0 Å². The van der Waals surface area contributed by atoms with Crippen LogP contribution in [0.2, 0.25) is 0 Å². The van der Waals surface area contributed by atoms with Crippen molar-refractivity contribution in [1.82, 2.24) is 5.43 Å². The molecule has 5 N–H and O–H groups in total. The van der Waals surface area contributed by atoms with Crippen LogP contribution >= 0.6 is 0 Å². The minimum Gasteiger partial charge on any atom is -0.320 e. The largest absolute Gasteiger partial charge is 0.320 e. The van der Waals surface area contributed by atoms with E-state index in [1.54, 1.807) is 0 Å². The lowest BCUT2D eigenvalue weighted by Crippen LogP contribution is -2.20. The van der Waals surface area contributed by atoms with Crippen molar-refractivity contribution in [2.45, 2.75) is 59.5 Å². The van der Waals surface area contributed by atoms with E-state index in [0.29, 0.717) is 0 Å². The summed E-state index contributed by atoms with van der Waals surface area (Å²) in [6.45, 7) is 13.4. The van der Waals surface area contributed by atoms with Gasteiger partial charge in [-0.3, -0.25) is 11.3 Å². The number of hydrogen-bond acceptors (Lipinski definition) is 3. The van der Waals surface area contributed by atoms with Gasteiger partial charge in [0.05, 0.1) is 6.04 Å². The predicted octanol–water partition coefficient (Wildman–Crippen LogP) is 16.7. The molecule has 10 aromatic carbocycles. The molecule has 1 aliphatic rings. The van der Waals surface area contributed by atoms with Gasteiger partial charge in [0.2, 0.25) is 0 Å². The number of hydrogen-bond donors (Lipinski definition) is 3. The molecule has 11 rings (SSSR count). The van der Waals surface area contributed by atoms with Crippen molar-refractivity contribution in [2.75, 3.05) is 0 Å². The lowest BCUT2D eigenvalue weighted by Gasteiger charge is -2.22. The van der Waals surface area contributed by atoms with Crippen molar-refractivity contribution in [1.29, 1.82) is 0 Å². The second-order valence-corrected chi connectivity index (χ2v) is 17.3. The van der Waals surface area contributed by atoms with Crippen LogP contribution in [0.1, 0.15) is 75.4 Å². The number of benzene rings is 10. The summed E-state index contributed by atoms with van der Waals surface area (Å²) in [5.74, 6) is 5.11. The SMILES string of the molecule is CC.CC.CC1(C)c2ccccc2-c2ccc(-c3ccc(-c4ccc5ccccc5c4-c4c(-c5ccc(C(N)c6ccccc6)cc5)ccc5ccccc45)cc3)cc21.NNCc1ccccc1. The molecule has 0 saturated heterocycles. The van der Waals surface area contributed by atoms with E-state index in [0.717, 1.165) is 17.7 Å². The summed E-state index contributed by atoms with van der Waals surface area (Å²) in [5.41, 5.74) is 28.0. The Morgan fingerprint density at radius 1 is 0.397 bits per heavy atom. The number of nitrogens with one attached hydrogen (secondary N) is 1. The Labute approximate surface area is 404 Å². The topological polar surface area (TPSA) is 64.1 Å². The molecular formula is C65H63N3. The van der Waals surface area contributed by atoms with Gasteiger partial charge < -0.3 is 5.73 Å². The second kappa shape index (κ2) is 21.5. The van der Waals surface area contributed by atoms with Gasteiger partial charge in [0, 0.05) is 12.0 Å². The zero-order valence-corrected chi connectivity index (χ0v) is 40.3. The Balaban J connectivity index is 0.000000425. The second-order valence-electron chi connectivity index (χ2n) is 17.3. The van der Waals surface area contributed by atoms with E-state index in [1.165, 1.54) is 93.9 Å². The maximum atomic E-state index is 6.75. The molecule has 0 saturated carbocycles. The Bertz CT molecular complexity index is 3240. The van der Waals surface area contributed by atoms with E-state index in [2.05, 4.69) is 195 Å². The van der Waals surface area contributed by atoms with Gasteiger partial charge in [0.25, 0.3) is 0 Å². The molecule has 1 atom stereocenters. The van der Waals surface area contributed by atoms with Crippen molar-refractivity contribution >= 4 is 21.5 Å². The first-order valence-corrected chi connectivity index (χ1v) is 24.2. The average Bonchev–Trinajstić information content (AvgIpc) is 3.64. The van der Waals surface area contributed by atoms with Crippen LogP contribution in [0.25, 0.3) is 77.2 Å². The first-order chi connectivity index (χ1) is 33.4. The summed E-state index contributed by atoms with van der Waals surface area (Å²) in [7, 11) is 0.